The molecule has 24 heavy (non-hydrogen) atoms. The van der Waals surface area contributed by atoms with Gasteiger partial charge in [0.2, 0.25) is 0 Å². The van der Waals surface area contributed by atoms with Crippen molar-refractivity contribution < 1.29 is 24.2 Å². The van der Waals surface area contributed by atoms with Gasteiger partial charge in [-0.25, -0.2) is 0 Å². The van der Waals surface area contributed by atoms with Crippen LogP contribution in [-0.2, 0) is 19.1 Å². The molecule has 5 nitrogen and oxygen atoms in total. The summed E-state index contributed by atoms with van der Waals surface area (Å²) in [7, 11) is 0. The monoisotopic (exact) mass is 334 g/mol. The van der Waals surface area contributed by atoms with Crippen molar-refractivity contribution in [2.45, 2.75) is 63.8 Å². The Kier molecular flexibility index (Phi) is 5.39. The number of esters is 1. The highest BCUT2D eigenvalue weighted by Crippen LogP contribution is 2.43. The summed E-state index contributed by atoms with van der Waals surface area (Å²) in [6, 6.07) is 0. The molecule has 5 heteroatoms. The van der Waals surface area contributed by atoms with Gasteiger partial charge in [0.05, 0.1) is 6.10 Å². The van der Waals surface area contributed by atoms with Crippen LogP contribution in [0, 0.1) is 17.8 Å². The van der Waals surface area contributed by atoms with Crippen LogP contribution in [0.25, 0.3) is 0 Å². The fourth-order valence-corrected chi connectivity index (χ4v) is 4.44. The topological polar surface area (TPSA) is 72.8 Å². The van der Waals surface area contributed by atoms with Gasteiger partial charge in [0, 0.05) is 18.8 Å². The summed E-state index contributed by atoms with van der Waals surface area (Å²) >= 11 is 0. The Morgan fingerprint density at radius 1 is 1.42 bits per heavy atom. The van der Waals surface area contributed by atoms with Crippen LogP contribution in [0.2, 0.25) is 0 Å². The molecule has 0 aromatic heterocycles. The highest BCUT2D eigenvalue weighted by atomic mass is 16.5. The van der Waals surface area contributed by atoms with Gasteiger partial charge in [0.1, 0.15) is 12.2 Å². The Labute approximate surface area is 142 Å². The molecular formula is C19H26O5. The summed E-state index contributed by atoms with van der Waals surface area (Å²) in [5.41, 5.74) is 1.06. The number of carbonyl (C=O) groups is 2. The van der Waals surface area contributed by atoms with Gasteiger partial charge in [-0.2, -0.15) is 0 Å². The first-order valence-electron chi connectivity index (χ1n) is 8.95. The van der Waals surface area contributed by atoms with Gasteiger partial charge in [-0.15, -0.1) is 0 Å². The maximum Gasteiger partial charge on any atom is 0.306 e. The lowest BCUT2D eigenvalue weighted by Crippen LogP contribution is -2.41. The van der Waals surface area contributed by atoms with Crippen molar-refractivity contribution in [2.24, 2.45) is 17.8 Å². The van der Waals surface area contributed by atoms with Gasteiger partial charge in [-0.1, -0.05) is 25.2 Å². The van der Waals surface area contributed by atoms with Crippen molar-refractivity contribution in [1.29, 1.82) is 0 Å². The number of ether oxygens (including phenoxy) is 2. The van der Waals surface area contributed by atoms with Crippen LogP contribution in [0.1, 0.15) is 45.4 Å². The highest BCUT2D eigenvalue weighted by molar-refractivity contribution is 5.70. The molecular weight excluding hydrogens is 308 g/mol. The number of aliphatic hydroxyl groups excluding tert-OH is 1. The van der Waals surface area contributed by atoms with E-state index < -0.39 is 6.10 Å². The average molecular weight is 334 g/mol. The third-order valence-corrected chi connectivity index (χ3v) is 5.63. The van der Waals surface area contributed by atoms with E-state index in [1.165, 1.54) is 0 Å². The molecule has 1 fully saturated rings. The average Bonchev–Trinajstić information content (AvgIpc) is 2.54. The summed E-state index contributed by atoms with van der Waals surface area (Å²) in [4.78, 5) is 22.3. The fraction of sp³-hybridized carbons (Fsp3) is 0.684. The number of rotatable bonds is 5. The number of allylic oxidation sites excluding steroid dienone is 2. The first-order valence-corrected chi connectivity index (χ1v) is 8.95. The van der Waals surface area contributed by atoms with Gasteiger partial charge < -0.3 is 14.6 Å². The van der Waals surface area contributed by atoms with Crippen LogP contribution in [0.4, 0.5) is 0 Å². The normalized spacial score (nSPS) is 38.8. The van der Waals surface area contributed by atoms with E-state index in [-0.39, 0.29) is 24.1 Å². The lowest BCUT2D eigenvalue weighted by Gasteiger charge is -2.42. The SMILES string of the molecule is C[C@H]1C=CC2=C[C@@H](O)C[C@H](OC=O)[C@@H]2[C@H]1CC[C@@H]1CCCC(=O)O1. The number of carbonyl (C=O) groups excluding carboxylic acids is 2. The molecule has 0 saturated carbocycles. The van der Waals surface area contributed by atoms with Gasteiger partial charge >= 0.3 is 5.97 Å². The Bertz CT molecular complexity index is 538. The van der Waals surface area contributed by atoms with Crippen molar-refractivity contribution in [3.63, 3.8) is 0 Å². The third kappa shape index (κ3) is 3.72. The molecule has 0 spiro atoms. The summed E-state index contributed by atoms with van der Waals surface area (Å²) in [6.45, 7) is 2.66. The van der Waals surface area contributed by atoms with Crippen molar-refractivity contribution in [1.82, 2.24) is 0 Å². The second-order valence-electron chi connectivity index (χ2n) is 7.23. The number of aliphatic hydroxyl groups is 1. The highest BCUT2D eigenvalue weighted by Gasteiger charge is 2.41. The van der Waals surface area contributed by atoms with Gasteiger partial charge in [-0.3, -0.25) is 9.59 Å². The first-order chi connectivity index (χ1) is 11.6. The van der Waals surface area contributed by atoms with Gasteiger partial charge in [-0.05, 0) is 43.1 Å². The zero-order valence-electron chi connectivity index (χ0n) is 14.1. The van der Waals surface area contributed by atoms with Crippen molar-refractivity contribution >= 4 is 12.4 Å². The molecule has 132 valence electrons. The van der Waals surface area contributed by atoms with Crippen LogP contribution in [-0.4, -0.2) is 35.9 Å². The zero-order valence-corrected chi connectivity index (χ0v) is 14.1. The Balaban J connectivity index is 1.72. The predicted molar refractivity (Wildman–Crippen MR) is 87.9 cm³/mol. The van der Waals surface area contributed by atoms with Crippen LogP contribution >= 0.6 is 0 Å². The van der Waals surface area contributed by atoms with E-state index >= 15 is 0 Å². The molecule has 2 aliphatic carbocycles. The number of fused-ring (bicyclic) bond motifs is 1. The number of cyclic esters (lactones) is 1. The molecule has 3 aliphatic rings. The standard InChI is InChI=1S/C19H26O5/c1-12-5-6-13-9-14(21)10-17(23-11-20)19(13)16(12)8-7-15-3-2-4-18(22)24-15/h5-6,9,11-12,14-17,19,21H,2-4,7-8,10H2,1H3/t12-,14+,15-,16-,17-,19-/m0/s1. The van der Waals surface area contributed by atoms with Crippen LogP contribution in [0.5, 0.6) is 0 Å². The number of hydrogen-bond donors (Lipinski definition) is 1. The molecule has 3 rings (SSSR count). The maximum absolute atomic E-state index is 11.5. The maximum atomic E-state index is 11.5. The lowest BCUT2D eigenvalue weighted by atomic mass is 9.66. The Morgan fingerprint density at radius 2 is 2.25 bits per heavy atom. The second-order valence-corrected chi connectivity index (χ2v) is 7.23. The zero-order chi connectivity index (χ0) is 17.1. The molecule has 0 aromatic rings. The molecule has 0 aromatic carbocycles. The molecule has 0 unspecified atom stereocenters. The van der Waals surface area contributed by atoms with Gasteiger partial charge in [0.15, 0.2) is 0 Å². The minimum Gasteiger partial charge on any atom is -0.464 e. The van der Waals surface area contributed by atoms with E-state index in [1.807, 2.05) is 6.08 Å². The lowest BCUT2D eigenvalue weighted by molar-refractivity contribution is -0.154. The fourth-order valence-electron chi connectivity index (χ4n) is 4.44. The van der Waals surface area contributed by atoms with Crippen molar-refractivity contribution in [3.05, 3.63) is 23.8 Å². The molecule has 1 aliphatic heterocycles. The summed E-state index contributed by atoms with van der Waals surface area (Å²) in [5, 5.41) is 10.00. The Morgan fingerprint density at radius 3 is 3.00 bits per heavy atom. The molecule has 0 radical (unpaired) electrons. The quantitative estimate of drug-likeness (QED) is 0.618. The molecule has 1 heterocycles. The van der Waals surface area contributed by atoms with Crippen LogP contribution in [0.15, 0.2) is 23.8 Å². The molecule has 1 N–H and O–H groups in total. The van der Waals surface area contributed by atoms with E-state index in [9.17, 15) is 14.7 Å². The minimum absolute atomic E-state index is 0.0106. The molecule has 6 atom stereocenters. The van der Waals surface area contributed by atoms with E-state index in [0.29, 0.717) is 31.1 Å². The summed E-state index contributed by atoms with van der Waals surface area (Å²) in [5.74, 6) is 0.697. The van der Waals surface area contributed by atoms with Crippen molar-refractivity contribution in [3.8, 4) is 0 Å². The molecule has 0 amide bonds. The number of hydrogen-bond acceptors (Lipinski definition) is 5. The molecule has 0 bridgehead atoms. The summed E-state index contributed by atoms with van der Waals surface area (Å²) < 4.78 is 10.8. The second kappa shape index (κ2) is 7.51. The first kappa shape index (κ1) is 17.2. The smallest absolute Gasteiger partial charge is 0.306 e. The molecule has 1 saturated heterocycles. The van der Waals surface area contributed by atoms with Crippen LogP contribution < -0.4 is 0 Å². The minimum atomic E-state index is -0.570. The van der Waals surface area contributed by atoms with E-state index in [0.717, 1.165) is 31.3 Å². The van der Waals surface area contributed by atoms with E-state index in [1.54, 1.807) is 0 Å². The predicted octanol–water partition coefficient (Wildman–Crippen LogP) is 2.53. The van der Waals surface area contributed by atoms with Crippen LogP contribution in [0.3, 0.4) is 0 Å². The Hall–Kier alpha value is -1.62. The van der Waals surface area contributed by atoms with E-state index in [4.69, 9.17) is 9.47 Å². The van der Waals surface area contributed by atoms with E-state index in [2.05, 4.69) is 19.1 Å². The van der Waals surface area contributed by atoms with Crippen molar-refractivity contribution in [2.75, 3.05) is 0 Å². The largest absolute Gasteiger partial charge is 0.464 e. The summed E-state index contributed by atoms with van der Waals surface area (Å²) in [6.07, 6.45) is 9.82. The third-order valence-electron chi connectivity index (χ3n) is 5.63. The van der Waals surface area contributed by atoms with Gasteiger partial charge in [0.25, 0.3) is 6.47 Å².